The van der Waals surface area contributed by atoms with Gasteiger partial charge in [-0.05, 0) is 18.6 Å². The van der Waals surface area contributed by atoms with Crippen LogP contribution >= 0.6 is 11.6 Å². The molecular weight excluding hydrogens is 467 g/mol. The lowest BCUT2D eigenvalue weighted by Crippen LogP contribution is -2.48. The third kappa shape index (κ3) is 5.52. The summed E-state index contributed by atoms with van der Waals surface area (Å²) >= 11 is 6.35. The van der Waals surface area contributed by atoms with Gasteiger partial charge in [-0.2, -0.15) is 18.3 Å². The average Bonchev–Trinajstić information content (AvgIpc) is 3.18. The van der Waals surface area contributed by atoms with Crippen LogP contribution in [0.3, 0.4) is 0 Å². The standard InChI is InChI=1S/C18H18ClN5O2.C2HF3O2/c1-11-10-24-15(17(25)21-11)8-14(22-24)18(26)23-7-6-20-9-16(23)12-4-2-3-5-13(12)19;3-2(4,5)1(6)7/h2-5,8,10,16,20H,6-7,9H2,1H3,(H,21,25);(H,6,7). The molecule has 2 aromatic heterocycles. The first kappa shape index (κ1) is 24.3. The number of fused-ring (bicyclic) bond motifs is 1. The molecule has 0 radical (unpaired) electrons. The number of carboxylic acid groups (broad SMARTS) is 1. The highest BCUT2D eigenvalue weighted by Gasteiger charge is 2.38. The van der Waals surface area contributed by atoms with Crippen molar-refractivity contribution in [3.63, 3.8) is 0 Å². The van der Waals surface area contributed by atoms with Crippen LogP contribution in [-0.2, 0) is 4.79 Å². The van der Waals surface area contributed by atoms with E-state index in [1.807, 2.05) is 24.3 Å². The summed E-state index contributed by atoms with van der Waals surface area (Å²) < 4.78 is 33.2. The molecule has 0 saturated carbocycles. The molecule has 1 unspecified atom stereocenters. The molecule has 3 heterocycles. The number of rotatable bonds is 2. The van der Waals surface area contributed by atoms with E-state index in [4.69, 9.17) is 21.5 Å². The maximum absolute atomic E-state index is 13.1. The molecule has 13 heteroatoms. The van der Waals surface area contributed by atoms with E-state index in [1.165, 1.54) is 10.6 Å². The predicted octanol–water partition coefficient (Wildman–Crippen LogP) is 2.40. The minimum absolute atomic E-state index is 0.185. The molecule has 1 saturated heterocycles. The van der Waals surface area contributed by atoms with Gasteiger partial charge in [0.05, 0.1) is 6.04 Å². The summed E-state index contributed by atoms with van der Waals surface area (Å²) in [5.41, 5.74) is 1.91. The SMILES string of the molecule is Cc1cn2nc(C(=O)N3CCNCC3c3ccccc3Cl)cc2c(=O)[nH]1.O=C(O)C(F)(F)F. The van der Waals surface area contributed by atoms with Gasteiger partial charge in [0.15, 0.2) is 5.69 Å². The summed E-state index contributed by atoms with van der Waals surface area (Å²) in [7, 11) is 0. The number of piperazine rings is 1. The van der Waals surface area contributed by atoms with E-state index in [-0.39, 0.29) is 23.2 Å². The number of aryl methyl sites for hydroxylation is 1. The molecule has 1 amide bonds. The quantitative estimate of drug-likeness (QED) is 0.513. The molecular formula is C20H19ClF3N5O4. The molecule has 33 heavy (non-hydrogen) atoms. The lowest BCUT2D eigenvalue weighted by Gasteiger charge is -2.36. The van der Waals surface area contributed by atoms with E-state index in [9.17, 15) is 22.8 Å². The molecule has 1 atom stereocenters. The number of halogens is 4. The molecule has 0 spiro atoms. The van der Waals surface area contributed by atoms with E-state index < -0.39 is 12.1 Å². The number of carboxylic acids is 1. The highest BCUT2D eigenvalue weighted by molar-refractivity contribution is 6.31. The summed E-state index contributed by atoms with van der Waals surface area (Å²) in [5, 5.41) is 15.4. The number of nitrogens with zero attached hydrogens (tertiary/aromatic N) is 3. The fourth-order valence-corrected chi connectivity index (χ4v) is 3.61. The highest BCUT2D eigenvalue weighted by Crippen LogP contribution is 2.29. The number of alkyl halides is 3. The molecule has 9 nitrogen and oxygen atoms in total. The Balaban J connectivity index is 0.000000383. The summed E-state index contributed by atoms with van der Waals surface area (Å²) in [4.78, 5) is 38.6. The molecule has 0 aliphatic carbocycles. The number of aromatic nitrogens is 3. The second-order valence-electron chi connectivity index (χ2n) is 7.17. The van der Waals surface area contributed by atoms with Crippen LogP contribution in [0.25, 0.3) is 5.52 Å². The van der Waals surface area contributed by atoms with Crippen LogP contribution in [0.4, 0.5) is 13.2 Å². The van der Waals surface area contributed by atoms with Crippen LogP contribution in [0.15, 0.2) is 41.3 Å². The molecule has 0 bridgehead atoms. The topological polar surface area (TPSA) is 120 Å². The second-order valence-corrected chi connectivity index (χ2v) is 7.58. The monoisotopic (exact) mass is 485 g/mol. The zero-order chi connectivity index (χ0) is 24.3. The number of H-pyrrole nitrogens is 1. The lowest BCUT2D eigenvalue weighted by atomic mass is 10.0. The zero-order valence-corrected chi connectivity index (χ0v) is 17.9. The van der Waals surface area contributed by atoms with Gasteiger partial charge in [0, 0.05) is 42.6 Å². The molecule has 1 aliphatic heterocycles. The second kappa shape index (κ2) is 9.63. The summed E-state index contributed by atoms with van der Waals surface area (Å²) in [6.45, 7) is 3.62. The minimum atomic E-state index is -5.08. The smallest absolute Gasteiger partial charge is 0.475 e. The molecule has 1 aromatic carbocycles. The number of amides is 1. The Morgan fingerprint density at radius 3 is 2.58 bits per heavy atom. The third-order valence-corrected chi connectivity index (χ3v) is 5.17. The van der Waals surface area contributed by atoms with Gasteiger partial charge in [-0.15, -0.1) is 0 Å². The first-order valence-corrected chi connectivity index (χ1v) is 10.0. The maximum Gasteiger partial charge on any atom is 0.490 e. The van der Waals surface area contributed by atoms with Gasteiger partial charge in [0.1, 0.15) is 5.52 Å². The Hall–Kier alpha value is -3.38. The van der Waals surface area contributed by atoms with Crippen molar-refractivity contribution in [3.8, 4) is 0 Å². The van der Waals surface area contributed by atoms with E-state index in [0.717, 1.165) is 5.56 Å². The van der Waals surface area contributed by atoms with Crippen LogP contribution in [0.5, 0.6) is 0 Å². The van der Waals surface area contributed by atoms with Crippen molar-refractivity contribution >= 4 is 29.0 Å². The Morgan fingerprint density at radius 1 is 1.27 bits per heavy atom. The molecule has 4 rings (SSSR count). The maximum atomic E-state index is 13.1. The largest absolute Gasteiger partial charge is 0.490 e. The van der Waals surface area contributed by atoms with Gasteiger partial charge in [0.25, 0.3) is 11.5 Å². The van der Waals surface area contributed by atoms with Gasteiger partial charge in [0.2, 0.25) is 0 Å². The van der Waals surface area contributed by atoms with Crippen LogP contribution in [0, 0.1) is 6.92 Å². The van der Waals surface area contributed by atoms with Gasteiger partial charge < -0.3 is 20.3 Å². The number of hydrogen-bond acceptors (Lipinski definition) is 5. The van der Waals surface area contributed by atoms with E-state index in [0.29, 0.717) is 35.9 Å². The summed E-state index contributed by atoms with van der Waals surface area (Å²) in [6, 6.07) is 8.87. The summed E-state index contributed by atoms with van der Waals surface area (Å²) in [6.07, 6.45) is -3.39. The lowest BCUT2D eigenvalue weighted by molar-refractivity contribution is -0.192. The van der Waals surface area contributed by atoms with Gasteiger partial charge in [-0.1, -0.05) is 29.8 Å². The van der Waals surface area contributed by atoms with Gasteiger partial charge in [-0.25, -0.2) is 9.31 Å². The Bertz CT molecular complexity index is 1240. The van der Waals surface area contributed by atoms with Crippen LogP contribution in [-0.4, -0.2) is 62.3 Å². The molecule has 176 valence electrons. The first-order chi connectivity index (χ1) is 15.5. The minimum Gasteiger partial charge on any atom is -0.475 e. The van der Waals surface area contributed by atoms with E-state index in [1.54, 1.807) is 18.0 Å². The van der Waals surface area contributed by atoms with Crippen LogP contribution in [0.1, 0.15) is 27.8 Å². The number of nitrogens with one attached hydrogen (secondary N) is 2. The summed E-state index contributed by atoms with van der Waals surface area (Å²) in [5.74, 6) is -2.97. The van der Waals surface area contributed by atoms with Crippen molar-refractivity contribution in [2.45, 2.75) is 19.1 Å². The number of carbonyl (C=O) groups is 2. The van der Waals surface area contributed by atoms with Crippen molar-refractivity contribution in [1.82, 2.24) is 24.8 Å². The van der Waals surface area contributed by atoms with Crippen molar-refractivity contribution in [2.24, 2.45) is 0 Å². The van der Waals surface area contributed by atoms with Crippen molar-refractivity contribution in [1.29, 1.82) is 0 Å². The normalized spacial score (nSPS) is 16.3. The van der Waals surface area contributed by atoms with Crippen molar-refractivity contribution < 1.29 is 27.9 Å². The number of hydrogen-bond donors (Lipinski definition) is 3. The number of aliphatic carboxylic acids is 1. The Labute approximate surface area is 189 Å². The Kier molecular flexibility index (Phi) is 7.08. The van der Waals surface area contributed by atoms with Gasteiger partial charge >= 0.3 is 12.1 Å². The molecule has 3 aromatic rings. The fraction of sp³-hybridized carbons (Fsp3) is 0.300. The van der Waals surface area contributed by atoms with E-state index >= 15 is 0 Å². The highest BCUT2D eigenvalue weighted by atomic mass is 35.5. The van der Waals surface area contributed by atoms with Crippen LogP contribution < -0.4 is 10.9 Å². The van der Waals surface area contributed by atoms with E-state index in [2.05, 4.69) is 15.4 Å². The van der Waals surface area contributed by atoms with Gasteiger partial charge in [-0.3, -0.25) is 9.59 Å². The average molecular weight is 486 g/mol. The molecule has 1 fully saturated rings. The van der Waals surface area contributed by atoms with Crippen molar-refractivity contribution in [3.05, 3.63) is 68.9 Å². The number of carbonyl (C=O) groups excluding carboxylic acids is 1. The fourth-order valence-electron chi connectivity index (χ4n) is 3.34. The first-order valence-electron chi connectivity index (χ1n) is 9.64. The van der Waals surface area contributed by atoms with Crippen LogP contribution in [0.2, 0.25) is 5.02 Å². The molecule has 1 aliphatic rings. The predicted molar refractivity (Wildman–Crippen MR) is 112 cm³/mol. The van der Waals surface area contributed by atoms with Crippen molar-refractivity contribution in [2.75, 3.05) is 19.6 Å². The molecule has 3 N–H and O–H groups in total. The number of aromatic amines is 1. The number of benzene rings is 1. The third-order valence-electron chi connectivity index (χ3n) is 4.83. The zero-order valence-electron chi connectivity index (χ0n) is 17.2. The Morgan fingerprint density at radius 2 is 1.94 bits per heavy atom.